The first-order valence-corrected chi connectivity index (χ1v) is 14.6. The highest BCUT2D eigenvalue weighted by atomic mass is 32.2. The number of carbonyl (C=O) groups excluding carboxylic acids is 1. The van der Waals surface area contributed by atoms with E-state index in [1.165, 1.54) is 6.42 Å². The van der Waals surface area contributed by atoms with Crippen LogP contribution in [0.15, 0.2) is 29.6 Å². The summed E-state index contributed by atoms with van der Waals surface area (Å²) in [6.07, 6.45) is 10.7. The van der Waals surface area contributed by atoms with Crippen molar-refractivity contribution in [3.63, 3.8) is 0 Å². The number of hydrogen-bond donors (Lipinski definition) is 3. The number of aromatic nitrogens is 3. The van der Waals surface area contributed by atoms with E-state index in [9.17, 15) is 10.1 Å². The van der Waals surface area contributed by atoms with Gasteiger partial charge in [0, 0.05) is 30.9 Å². The van der Waals surface area contributed by atoms with Gasteiger partial charge in [0.2, 0.25) is 5.95 Å². The molecule has 2 heterocycles. The summed E-state index contributed by atoms with van der Waals surface area (Å²) in [5, 5.41) is 20.7. The fourth-order valence-electron chi connectivity index (χ4n) is 6.96. The first kappa shape index (κ1) is 26.5. The minimum absolute atomic E-state index is 0.150. The Morgan fingerprint density at radius 2 is 1.97 bits per heavy atom. The zero-order valence-corrected chi connectivity index (χ0v) is 23.4. The van der Waals surface area contributed by atoms with Crippen LogP contribution >= 0.6 is 11.8 Å². The van der Waals surface area contributed by atoms with Gasteiger partial charge in [-0.15, -0.1) is 11.8 Å². The standard InChI is InChI=1S/C28H37N7O2S/c1-27(2,3)37-26(36)34-22-19-8-17-9-20(22)12-28(10-17,11-19)16-33-23-21(13-29)15-32-25(35-23)31-14-18-6-5-7-30-24(18)38-4/h5-7,15,17,19-20,22H,8-12,14,16H2,1-4H3,(H,34,36)(H2,31,32,33,35)/t17?,19-,20+,22-,28-. The molecule has 0 saturated heterocycles. The summed E-state index contributed by atoms with van der Waals surface area (Å²) in [6.45, 7) is 7.01. The molecule has 10 heteroatoms. The number of anilines is 2. The highest BCUT2D eigenvalue weighted by Crippen LogP contribution is 2.60. The maximum absolute atomic E-state index is 12.5. The zero-order valence-electron chi connectivity index (χ0n) is 22.6. The van der Waals surface area contributed by atoms with E-state index in [1.54, 1.807) is 24.2 Å². The van der Waals surface area contributed by atoms with Crippen molar-refractivity contribution in [1.29, 1.82) is 5.26 Å². The largest absolute Gasteiger partial charge is 0.444 e. The van der Waals surface area contributed by atoms with Gasteiger partial charge in [0.1, 0.15) is 28.1 Å². The summed E-state index contributed by atoms with van der Waals surface area (Å²) in [5.74, 6) is 2.65. The molecule has 4 fully saturated rings. The van der Waals surface area contributed by atoms with E-state index < -0.39 is 5.60 Å². The molecule has 202 valence electrons. The van der Waals surface area contributed by atoms with Crippen LogP contribution in [0.3, 0.4) is 0 Å². The number of rotatable bonds is 8. The van der Waals surface area contributed by atoms with Crippen molar-refractivity contribution in [2.24, 2.45) is 23.2 Å². The van der Waals surface area contributed by atoms with Crippen LogP contribution < -0.4 is 16.0 Å². The van der Waals surface area contributed by atoms with Crippen LogP contribution in [0.25, 0.3) is 0 Å². The number of nitriles is 1. The van der Waals surface area contributed by atoms with Crippen molar-refractivity contribution in [2.75, 3.05) is 23.4 Å². The molecule has 3 N–H and O–H groups in total. The third kappa shape index (κ3) is 5.83. The molecule has 4 aliphatic rings. The van der Waals surface area contributed by atoms with Gasteiger partial charge < -0.3 is 20.7 Å². The van der Waals surface area contributed by atoms with Crippen molar-refractivity contribution < 1.29 is 9.53 Å². The lowest BCUT2D eigenvalue weighted by Gasteiger charge is -2.60. The number of thioether (sulfide) groups is 1. The second-order valence-corrected chi connectivity index (χ2v) is 12.9. The van der Waals surface area contributed by atoms with Crippen LogP contribution in [-0.2, 0) is 11.3 Å². The molecule has 38 heavy (non-hydrogen) atoms. The molecule has 2 aromatic heterocycles. The molecule has 4 saturated carbocycles. The molecular formula is C28H37N7O2S. The van der Waals surface area contributed by atoms with Crippen molar-refractivity contribution in [3.8, 4) is 6.07 Å². The van der Waals surface area contributed by atoms with E-state index in [4.69, 9.17) is 4.74 Å². The second kappa shape index (κ2) is 10.6. The van der Waals surface area contributed by atoms with E-state index in [1.807, 2.05) is 39.2 Å². The predicted octanol–water partition coefficient (Wildman–Crippen LogP) is 5.21. The first-order valence-electron chi connectivity index (χ1n) is 13.4. The number of carbonyl (C=O) groups is 1. The number of ether oxygens (including phenoxy) is 1. The van der Waals surface area contributed by atoms with Crippen LogP contribution in [0.5, 0.6) is 0 Å². The van der Waals surface area contributed by atoms with E-state index in [0.29, 0.717) is 41.6 Å². The van der Waals surface area contributed by atoms with Crippen molar-refractivity contribution >= 4 is 29.6 Å². The molecule has 1 amide bonds. The quantitative estimate of drug-likeness (QED) is 0.391. The Labute approximate surface area is 229 Å². The van der Waals surface area contributed by atoms with E-state index >= 15 is 0 Å². The average Bonchev–Trinajstić information content (AvgIpc) is 2.87. The lowest BCUT2D eigenvalue weighted by molar-refractivity contribution is -0.0703. The minimum atomic E-state index is -0.500. The highest BCUT2D eigenvalue weighted by molar-refractivity contribution is 7.98. The van der Waals surface area contributed by atoms with Gasteiger partial charge in [0.05, 0.1) is 6.20 Å². The Morgan fingerprint density at radius 1 is 1.21 bits per heavy atom. The topological polar surface area (TPSA) is 125 Å². The smallest absolute Gasteiger partial charge is 0.407 e. The predicted molar refractivity (Wildman–Crippen MR) is 148 cm³/mol. The maximum atomic E-state index is 12.5. The van der Waals surface area contributed by atoms with Crippen molar-refractivity contribution in [3.05, 3.63) is 35.7 Å². The van der Waals surface area contributed by atoms with Gasteiger partial charge in [-0.25, -0.2) is 14.8 Å². The van der Waals surface area contributed by atoms with Crippen molar-refractivity contribution in [1.82, 2.24) is 20.3 Å². The Hall–Kier alpha value is -3.06. The first-order chi connectivity index (χ1) is 18.2. The Balaban J connectivity index is 1.24. The molecule has 0 aromatic carbocycles. The van der Waals surface area contributed by atoms with Gasteiger partial charge in [-0.2, -0.15) is 10.2 Å². The summed E-state index contributed by atoms with van der Waals surface area (Å²) in [6, 6.07) is 6.36. The Morgan fingerprint density at radius 3 is 2.66 bits per heavy atom. The lowest BCUT2D eigenvalue weighted by Crippen LogP contribution is -2.60. The van der Waals surface area contributed by atoms with Gasteiger partial charge >= 0.3 is 6.09 Å². The molecule has 0 aliphatic heterocycles. The van der Waals surface area contributed by atoms with Crippen molar-refractivity contribution in [2.45, 2.75) is 76.1 Å². The molecule has 1 unspecified atom stereocenters. The number of alkyl carbamates (subject to hydrolysis) is 1. The third-order valence-corrected chi connectivity index (χ3v) is 8.86. The van der Waals surface area contributed by atoms with Gasteiger partial charge in [0.15, 0.2) is 0 Å². The number of amides is 1. The molecular weight excluding hydrogens is 498 g/mol. The average molecular weight is 536 g/mol. The molecule has 0 spiro atoms. The van der Waals surface area contributed by atoms with Crippen LogP contribution in [-0.4, -0.2) is 45.5 Å². The SMILES string of the molecule is CSc1ncccc1CNc1ncc(C#N)c(NC[C@]23CC4C[C@H](C2)[C@@H](NC(=O)OC(C)(C)C)[C@@H](C4)C3)n1. The Bertz CT molecular complexity index is 1210. The van der Waals surface area contributed by atoms with Crippen LogP contribution in [0.4, 0.5) is 16.6 Å². The number of pyridine rings is 1. The highest BCUT2D eigenvalue weighted by Gasteiger charge is 2.55. The summed E-state index contributed by atoms with van der Waals surface area (Å²) >= 11 is 1.60. The Kier molecular flexibility index (Phi) is 7.40. The summed E-state index contributed by atoms with van der Waals surface area (Å²) in [4.78, 5) is 25.9. The third-order valence-electron chi connectivity index (χ3n) is 8.10. The maximum Gasteiger partial charge on any atom is 0.407 e. The van der Waals surface area contributed by atoms with Gasteiger partial charge in [-0.1, -0.05) is 6.07 Å². The van der Waals surface area contributed by atoms with Crippen LogP contribution in [0.2, 0.25) is 0 Å². The second-order valence-electron chi connectivity index (χ2n) is 12.1. The van der Waals surface area contributed by atoms with Gasteiger partial charge in [-0.05, 0) is 88.4 Å². The summed E-state index contributed by atoms with van der Waals surface area (Å²) in [7, 11) is 0. The fourth-order valence-corrected chi connectivity index (χ4v) is 7.53. The zero-order chi connectivity index (χ0) is 26.9. The van der Waals surface area contributed by atoms with Crippen LogP contribution in [0.1, 0.15) is 64.0 Å². The lowest BCUT2D eigenvalue weighted by atomic mass is 9.48. The normalized spacial score (nSPS) is 27.4. The molecule has 2 aromatic rings. The number of hydrogen-bond acceptors (Lipinski definition) is 9. The van der Waals surface area contributed by atoms with Crippen LogP contribution in [0, 0.1) is 34.5 Å². The molecule has 4 bridgehead atoms. The monoisotopic (exact) mass is 535 g/mol. The molecule has 0 radical (unpaired) electrons. The molecule has 4 aliphatic carbocycles. The van der Waals surface area contributed by atoms with E-state index in [2.05, 4.69) is 37.0 Å². The molecule has 9 nitrogen and oxygen atoms in total. The number of nitrogens with one attached hydrogen (secondary N) is 3. The number of nitrogens with zero attached hydrogens (tertiary/aromatic N) is 4. The van der Waals surface area contributed by atoms with Gasteiger partial charge in [0.25, 0.3) is 0 Å². The van der Waals surface area contributed by atoms with E-state index in [-0.39, 0.29) is 17.6 Å². The molecule has 5 atom stereocenters. The minimum Gasteiger partial charge on any atom is -0.444 e. The van der Waals surface area contributed by atoms with Gasteiger partial charge in [-0.3, -0.25) is 0 Å². The summed E-state index contributed by atoms with van der Waals surface area (Å²) in [5.41, 5.74) is 1.17. The fraction of sp³-hybridized carbons (Fsp3) is 0.607. The summed E-state index contributed by atoms with van der Waals surface area (Å²) < 4.78 is 5.55. The molecule has 6 rings (SSSR count). The van der Waals surface area contributed by atoms with E-state index in [0.717, 1.165) is 42.8 Å².